The number of fused-ring (bicyclic) bond motifs is 1. The van der Waals surface area contributed by atoms with Crippen molar-refractivity contribution in [1.82, 2.24) is 9.88 Å². The summed E-state index contributed by atoms with van der Waals surface area (Å²) < 4.78 is 0. The van der Waals surface area contributed by atoms with E-state index in [0.29, 0.717) is 17.8 Å². The Hall–Kier alpha value is -3.08. The molecule has 0 bridgehead atoms. The molecule has 0 atom stereocenters. The Labute approximate surface area is 153 Å². The Balaban J connectivity index is 1.79. The summed E-state index contributed by atoms with van der Waals surface area (Å²) in [5.74, 6) is -0.984. The quantitative estimate of drug-likeness (QED) is 0.567. The predicted molar refractivity (Wildman–Crippen MR) is 105 cm³/mol. The third-order valence-electron chi connectivity index (χ3n) is 4.53. The summed E-state index contributed by atoms with van der Waals surface area (Å²) in [6.45, 7) is 2.21. The average molecular weight is 349 g/mol. The van der Waals surface area contributed by atoms with Crippen LogP contribution in [0.1, 0.15) is 21.6 Å². The molecule has 0 saturated heterocycles. The number of aromatic amines is 1. The molecule has 3 rings (SSSR count). The maximum Gasteiger partial charge on any atom is 0.295 e. The number of benzene rings is 2. The number of hydrogen-bond acceptors (Lipinski definition) is 3. The van der Waals surface area contributed by atoms with Gasteiger partial charge in [0.2, 0.25) is 0 Å². The lowest BCUT2D eigenvalue weighted by Gasteiger charge is -2.18. The van der Waals surface area contributed by atoms with Gasteiger partial charge in [0.15, 0.2) is 0 Å². The number of amides is 1. The van der Waals surface area contributed by atoms with E-state index in [2.05, 4.69) is 4.98 Å². The van der Waals surface area contributed by atoms with Crippen molar-refractivity contribution >= 4 is 28.3 Å². The van der Waals surface area contributed by atoms with Gasteiger partial charge in [0.1, 0.15) is 0 Å². The largest absolute Gasteiger partial charge is 0.378 e. The van der Waals surface area contributed by atoms with Crippen molar-refractivity contribution in [2.75, 3.05) is 26.0 Å². The Morgan fingerprint density at radius 1 is 0.962 bits per heavy atom. The molecule has 0 spiro atoms. The summed E-state index contributed by atoms with van der Waals surface area (Å²) >= 11 is 0. The molecule has 0 fully saturated rings. The highest BCUT2D eigenvalue weighted by atomic mass is 16.2. The number of para-hydroxylation sites is 1. The van der Waals surface area contributed by atoms with E-state index in [1.165, 1.54) is 4.90 Å². The molecule has 5 nitrogen and oxygen atoms in total. The summed E-state index contributed by atoms with van der Waals surface area (Å²) in [4.78, 5) is 32.1. The lowest BCUT2D eigenvalue weighted by atomic mass is 10.1. The summed E-state index contributed by atoms with van der Waals surface area (Å²) in [7, 11) is 5.62. The van der Waals surface area contributed by atoms with Crippen molar-refractivity contribution in [2.45, 2.75) is 13.5 Å². The van der Waals surface area contributed by atoms with Crippen molar-refractivity contribution in [3.63, 3.8) is 0 Å². The molecule has 0 aliphatic rings. The molecular weight excluding hydrogens is 326 g/mol. The standard InChI is InChI=1S/C21H23N3O2/c1-14-19(17-7-5-6-8-18(17)22-14)20(25)21(26)24(4)13-15-9-11-16(12-10-15)23(2)3/h5-12,22H,13H2,1-4H3. The normalized spacial score (nSPS) is 10.8. The summed E-state index contributed by atoms with van der Waals surface area (Å²) in [5, 5.41) is 0.784. The van der Waals surface area contributed by atoms with Gasteiger partial charge in [-0.05, 0) is 30.7 Å². The molecule has 0 aliphatic carbocycles. The molecular formula is C21H23N3O2. The molecule has 0 unspecified atom stereocenters. The van der Waals surface area contributed by atoms with Gasteiger partial charge in [-0.2, -0.15) is 0 Å². The smallest absolute Gasteiger partial charge is 0.295 e. The van der Waals surface area contributed by atoms with Crippen LogP contribution in [-0.2, 0) is 11.3 Å². The Morgan fingerprint density at radius 3 is 2.27 bits per heavy atom. The Morgan fingerprint density at radius 2 is 1.62 bits per heavy atom. The zero-order chi connectivity index (χ0) is 18.8. The van der Waals surface area contributed by atoms with Gasteiger partial charge in [0.25, 0.3) is 11.7 Å². The van der Waals surface area contributed by atoms with Crippen molar-refractivity contribution < 1.29 is 9.59 Å². The van der Waals surface area contributed by atoms with E-state index < -0.39 is 11.7 Å². The molecule has 5 heteroatoms. The average Bonchev–Trinajstić information content (AvgIpc) is 2.96. The first-order valence-electron chi connectivity index (χ1n) is 8.52. The van der Waals surface area contributed by atoms with E-state index in [1.54, 1.807) is 7.05 Å². The molecule has 1 heterocycles. The van der Waals surface area contributed by atoms with Crippen LogP contribution in [0.5, 0.6) is 0 Å². The monoisotopic (exact) mass is 349 g/mol. The van der Waals surface area contributed by atoms with Gasteiger partial charge >= 0.3 is 0 Å². The first-order valence-corrected chi connectivity index (χ1v) is 8.52. The van der Waals surface area contributed by atoms with Gasteiger partial charge in [0.05, 0.1) is 5.56 Å². The number of likely N-dealkylation sites (N-methyl/N-ethyl adjacent to an activating group) is 1. The number of aryl methyl sites for hydroxylation is 1. The van der Waals surface area contributed by atoms with Crippen LogP contribution in [0.25, 0.3) is 10.9 Å². The summed E-state index contributed by atoms with van der Waals surface area (Å²) in [6.07, 6.45) is 0. The van der Waals surface area contributed by atoms with E-state index in [-0.39, 0.29) is 0 Å². The molecule has 1 amide bonds. The number of aromatic nitrogens is 1. The van der Waals surface area contributed by atoms with Gasteiger partial charge < -0.3 is 14.8 Å². The molecule has 134 valence electrons. The number of anilines is 1. The zero-order valence-corrected chi connectivity index (χ0v) is 15.5. The fraction of sp³-hybridized carbons (Fsp3) is 0.238. The second kappa shape index (κ2) is 7.04. The highest BCUT2D eigenvalue weighted by Gasteiger charge is 2.25. The van der Waals surface area contributed by atoms with Gasteiger partial charge in [-0.1, -0.05) is 30.3 Å². The number of Topliss-reactive ketones (excluding diaryl/α,β-unsaturated/α-hetero) is 1. The summed E-state index contributed by atoms with van der Waals surface area (Å²) in [6, 6.07) is 15.5. The van der Waals surface area contributed by atoms with Crippen LogP contribution in [0.15, 0.2) is 48.5 Å². The molecule has 1 N–H and O–H groups in total. The first kappa shape index (κ1) is 17.7. The van der Waals surface area contributed by atoms with Crippen LogP contribution in [0, 0.1) is 6.92 Å². The Bertz CT molecular complexity index is 955. The Kier molecular flexibility index (Phi) is 4.80. The van der Waals surface area contributed by atoms with Gasteiger partial charge in [-0.25, -0.2) is 0 Å². The van der Waals surface area contributed by atoms with Crippen LogP contribution in [-0.4, -0.2) is 42.7 Å². The number of nitrogens with zero attached hydrogens (tertiary/aromatic N) is 2. The minimum absolute atomic E-state index is 0.389. The zero-order valence-electron chi connectivity index (χ0n) is 15.5. The van der Waals surface area contributed by atoms with Gasteiger partial charge in [-0.15, -0.1) is 0 Å². The number of hydrogen-bond donors (Lipinski definition) is 1. The fourth-order valence-corrected chi connectivity index (χ4v) is 3.09. The van der Waals surface area contributed by atoms with Crippen LogP contribution in [0.2, 0.25) is 0 Å². The van der Waals surface area contributed by atoms with Gasteiger partial charge in [-0.3, -0.25) is 9.59 Å². The van der Waals surface area contributed by atoms with Crippen LogP contribution < -0.4 is 4.90 Å². The summed E-state index contributed by atoms with van der Waals surface area (Å²) in [5.41, 5.74) is 4.11. The number of carbonyl (C=O) groups is 2. The van der Waals surface area contributed by atoms with Gasteiger partial charge in [0, 0.05) is 50.0 Å². The minimum atomic E-state index is -0.505. The second-order valence-electron chi connectivity index (χ2n) is 6.72. The molecule has 1 aromatic heterocycles. The highest BCUT2D eigenvalue weighted by Crippen LogP contribution is 2.23. The van der Waals surface area contributed by atoms with E-state index >= 15 is 0 Å². The van der Waals surface area contributed by atoms with E-state index in [9.17, 15) is 9.59 Å². The third-order valence-corrected chi connectivity index (χ3v) is 4.53. The van der Waals surface area contributed by atoms with Crippen molar-refractivity contribution in [2.24, 2.45) is 0 Å². The maximum atomic E-state index is 12.8. The maximum absolute atomic E-state index is 12.8. The number of nitrogens with one attached hydrogen (secondary N) is 1. The van der Waals surface area contributed by atoms with Crippen LogP contribution in [0.4, 0.5) is 5.69 Å². The molecule has 3 aromatic rings. The molecule has 0 aliphatic heterocycles. The topological polar surface area (TPSA) is 56.4 Å². The second-order valence-corrected chi connectivity index (χ2v) is 6.72. The van der Waals surface area contributed by atoms with E-state index in [0.717, 1.165) is 22.2 Å². The molecule has 26 heavy (non-hydrogen) atoms. The molecule has 2 aromatic carbocycles. The lowest BCUT2D eigenvalue weighted by molar-refractivity contribution is -0.125. The van der Waals surface area contributed by atoms with Crippen molar-refractivity contribution in [1.29, 1.82) is 0 Å². The van der Waals surface area contributed by atoms with Crippen molar-refractivity contribution in [3.05, 3.63) is 65.4 Å². The highest BCUT2D eigenvalue weighted by molar-refractivity contribution is 6.45. The predicted octanol–water partition coefficient (Wildman–Crippen LogP) is 3.38. The van der Waals surface area contributed by atoms with Crippen LogP contribution >= 0.6 is 0 Å². The third kappa shape index (κ3) is 3.33. The number of ketones is 1. The fourth-order valence-electron chi connectivity index (χ4n) is 3.09. The molecule has 0 saturated carbocycles. The first-order chi connectivity index (χ1) is 12.4. The SMILES string of the molecule is Cc1[nH]c2ccccc2c1C(=O)C(=O)N(C)Cc1ccc(N(C)C)cc1. The van der Waals surface area contributed by atoms with E-state index in [1.807, 2.05) is 74.4 Å². The molecule has 0 radical (unpaired) electrons. The number of H-pyrrole nitrogens is 1. The van der Waals surface area contributed by atoms with Crippen molar-refractivity contribution in [3.8, 4) is 0 Å². The number of carbonyl (C=O) groups excluding carboxylic acids is 2. The van der Waals surface area contributed by atoms with E-state index in [4.69, 9.17) is 0 Å². The van der Waals surface area contributed by atoms with Crippen LogP contribution in [0.3, 0.4) is 0 Å². The lowest BCUT2D eigenvalue weighted by Crippen LogP contribution is -2.33. The minimum Gasteiger partial charge on any atom is -0.378 e. The number of rotatable bonds is 5.